The van der Waals surface area contributed by atoms with Gasteiger partial charge in [-0.05, 0) is 43.4 Å². The SMILES string of the molecule is CCC1CCCC1NC(C)c1cccc(OC(F)F)c1. The lowest BCUT2D eigenvalue weighted by Crippen LogP contribution is -2.34. The lowest BCUT2D eigenvalue weighted by Gasteiger charge is -2.25. The Labute approximate surface area is 119 Å². The van der Waals surface area contributed by atoms with E-state index in [4.69, 9.17) is 0 Å². The first-order valence-corrected chi connectivity index (χ1v) is 7.41. The Morgan fingerprint density at radius 3 is 2.85 bits per heavy atom. The summed E-state index contributed by atoms with van der Waals surface area (Å²) in [6.45, 7) is 1.53. The van der Waals surface area contributed by atoms with E-state index in [2.05, 4.69) is 23.9 Å². The first kappa shape index (κ1) is 15.2. The first-order chi connectivity index (χ1) is 9.60. The van der Waals surface area contributed by atoms with Crippen LogP contribution in [0.25, 0.3) is 0 Å². The molecule has 2 nitrogen and oxygen atoms in total. The number of rotatable bonds is 6. The van der Waals surface area contributed by atoms with Gasteiger partial charge in [-0.2, -0.15) is 8.78 Å². The second-order valence-corrected chi connectivity index (χ2v) is 5.55. The molecule has 112 valence electrons. The summed E-state index contributed by atoms with van der Waals surface area (Å²) in [5, 5.41) is 3.63. The zero-order valence-corrected chi connectivity index (χ0v) is 12.1. The van der Waals surface area contributed by atoms with Gasteiger partial charge in [-0.25, -0.2) is 0 Å². The van der Waals surface area contributed by atoms with Gasteiger partial charge < -0.3 is 10.1 Å². The molecule has 0 saturated heterocycles. The molecule has 0 aliphatic heterocycles. The summed E-state index contributed by atoms with van der Waals surface area (Å²) in [6.07, 6.45) is 4.96. The Bertz CT molecular complexity index is 425. The number of benzene rings is 1. The van der Waals surface area contributed by atoms with Crippen LogP contribution < -0.4 is 10.1 Å². The summed E-state index contributed by atoms with van der Waals surface area (Å²) in [4.78, 5) is 0. The molecule has 1 aliphatic carbocycles. The fraction of sp³-hybridized carbons (Fsp3) is 0.625. The smallest absolute Gasteiger partial charge is 0.387 e. The van der Waals surface area contributed by atoms with Crippen molar-refractivity contribution < 1.29 is 13.5 Å². The minimum Gasteiger partial charge on any atom is -0.435 e. The second kappa shape index (κ2) is 7.02. The van der Waals surface area contributed by atoms with Crippen LogP contribution in [0.1, 0.15) is 51.1 Å². The fourth-order valence-corrected chi connectivity index (χ4v) is 3.12. The summed E-state index contributed by atoms with van der Waals surface area (Å²) in [5.74, 6) is 0.961. The van der Waals surface area contributed by atoms with Crippen LogP contribution in [0.3, 0.4) is 0 Å². The number of hydrogen-bond acceptors (Lipinski definition) is 2. The molecule has 0 spiro atoms. The highest BCUT2D eigenvalue weighted by atomic mass is 19.3. The number of halogens is 2. The highest BCUT2D eigenvalue weighted by molar-refractivity contribution is 5.30. The monoisotopic (exact) mass is 283 g/mol. The second-order valence-electron chi connectivity index (χ2n) is 5.55. The molecule has 0 heterocycles. The molecular formula is C16H23F2NO. The zero-order chi connectivity index (χ0) is 14.5. The number of nitrogens with one attached hydrogen (secondary N) is 1. The Balaban J connectivity index is 1.99. The van der Waals surface area contributed by atoms with Crippen molar-refractivity contribution in [2.24, 2.45) is 5.92 Å². The van der Waals surface area contributed by atoms with Crippen molar-refractivity contribution in [3.8, 4) is 5.75 Å². The fourth-order valence-electron chi connectivity index (χ4n) is 3.12. The lowest BCUT2D eigenvalue weighted by molar-refractivity contribution is -0.0499. The van der Waals surface area contributed by atoms with E-state index in [1.165, 1.54) is 25.7 Å². The maximum absolute atomic E-state index is 12.2. The molecule has 1 fully saturated rings. The molecule has 3 unspecified atom stereocenters. The molecule has 2 rings (SSSR count). The zero-order valence-electron chi connectivity index (χ0n) is 12.1. The standard InChI is InChI=1S/C16H23F2NO/c1-3-12-6-5-9-15(12)19-11(2)13-7-4-8-14(10-13)20-16(17)18/h4,7-8,10-12,15-16,19H,3,5-6,9H2,1-2H3. The van der Waals surface area contributed by atoms with Gasteiger partial charge in [0.1, 0.15) is 5.75 Å². The van der Waals surface area contributed by atoms with E-state index in [9.17, 15) is 8.78 Å². The predicted molar refractivity (Wildman–Crippen MR) is 76.0 cm³/mol. The normalized spacial score (nSPS) is 24.1. The van der Waals surface area contributed by atoms with Gasteiger partial charge in [-0.3, -0.25) is 0 Å². The van der Waals surface area contributed by atoms with Crippen molar-refractivity contribution in [2.75, 3.05) is 0 Å². The van der Waals surface area contributed by atoms with Crippen molar-refractivity contribution in [1.82, 2.24) is 5.32 Å². The van der Waals surface area contributed by atoms with Crippen LogP contribution >= 0.6 is 0 Å². The molecule has 1 aliphatic rings. The molecule has 0 bridgehead atoms. The molecular weight excluding hydrogens is 260 g/mol. The Morgan fingerprint density at radius 2 is 2.15 bits per heavy atom. The molecule has 1 aromatic carbocycles. The molecule has 1 aromatic rings. The molecule has 4 heteroatoms. The van der Waals surface area contributed by atoms with Crippen LogP contribution in [-0.2, 0) is 0 Å². The molecule has 0 aromatic heterocycles. The number of alkyl halides is 2. The maximum Gasteiger partial charge on any atom is 0.387 e. The van der Waals surface area contributed by atoms with Gasteiger partial charge in [-0.15, -0.1) is 0 Å². The van der Waals surface area contributed by atoms with E-state index >= 15 is 0 Å². The summed E-state index contributed by atoms with van der Waals surface area (Å²) >= 11 is 0. The Kier molecular flexibility index (Phi) is 5.35. The minimum absolute atomic E-state index is 0.147. The third-order valence-electron chi connectivity index (χ3n) is 4.23. The number of hydrogen-bond donors (Lipinski definition) is 1. The van der Waals surface area contributed by atoms with Crippen LogP contribution in [0.15, 0.2) is 24.3 Å². The van der Waals surface area contributed by atoms with Gasteiger partial charge in [0.2, 0.25) is 0 Å². The van der Waals surface area contributed by atoms with E-state index in [1.54, 1.807) is 18.2 Å². The lowest BCUT2D eigenvalue weighted by atomic mass is 9.98. The highest BCUT2D eigenvalue weighted by Gasteiger charge is 2.26. The highest BCUT2D eigenvalue weighted by Crippen LogP contribution is 2.30. The van der Waals surface area contributed by atoms with Crippen LogP contribution in [0.5, 0.6) is 5.75 Å². The Hall–Kier alpha value is -1.16. The van der Waals surface area contributed by atoms with E-state index in [-0.39, 0.29) is 11.8 Å². The molecule has 1 N–H and O–H groups in total. The van der Waals surface area contributed by atoms with Gasteiger partial charge in [0, 0.05) is 12.1 Å². The van der Waals surface area contributed by atoms with E-state index < -0.39 is 6.61 Å². The van der Waals surface area contributed by atoms with Crippen LogP contribution in [0.4, 0.5) is 8.78 Å². The summed E-state index contributed by atoms with van der Waals surface area (Å²) in [7, 11) is 0. The first-order valence-electron chi connectivity index (χ1n) is 7.41. The molecule has 20 heavy (non-hydrogen) atoms. The van der Waals surface area contributed by atoms with Gasteiger partial charge >= 0.3 is 6.61 Å². The van der Waals surface area contributed by atoms with Gasteiger partial charge in [0.15, 0.2) is 0 Å². The third-order valence-corrected chi connectivity index (χ3v) is 4.23. The average Bonchev–Trinajstić information content (AvgIpc) is 2.85. The van der Waals surface area contributed by atoms with E-state index in [1.807, 2.05) is 6.07 Å². The summed E-state index contributed by atoms with van der Waals surface area (Å²) < 4.78 is 28.9. The number of ether oxygens (including phenoxy) is 1. The average molecular weight is 283 g/mol. The van der Waals surface area contributed by atoms with E-state index in [0.29, 0.717) is 6.04 Å². The molecule has 0 radical (unpaired) electrons. The van der Waals surface area contributed by atoms with Gasteiger partial charge in [-0.1, -0.05) is 31.9 Å². The summed E-state index contributed by atoms with van der Waals surface area (Å²) in [6, 6.07) is 7.65. The topological polar surface area (TPSA) is 21.3 Å². The van der Waals surface area contributed by atoms with Gasteiger partial charge in [0.25, 0.3) is 0 Å². The van der Waals surface area contributed by atoms with Crippen molar-refractivity contribution >= 4 is 0 Å². The van der Waals surface area contributed by atoms with E-state index in [0.717, 1.165) is 11.5 Å². The molecule has 1 saturated carbocycles. The molecule has 3 atom stereocenters. The van der Waals surface area contributed by atoms with Gasteiger partial charge in [0.05, 0.1) is 0 Å². The molecule has 0 amide bonds. The van der Waals surface area contributed by atoms with Crippen molar-refractivity contribution in [3.63, 3.8) is 0 Å². The van der Waals surface area contributed by atoms with Crippen molar-refractivity contribution in [1.29, 1.82) is 0 Å². The Morgan fingerprint density at radius 1 is 1.35 bits per heavy atom. The van der Waals surface area contributed by atoms with Crippen molar-refractivity contribution in [2.45, 2.75) is 58.2 Å². The summed E-state index contributed by atoms with van der Waals surface area (Å²) in [5.41, 5.74) is 0.991. The quantitative estimate of drug-likeness (QED) is 0.829. The van der Waals surface area contributed by atoms with Crippen LogP contribution in [0, 0.1) is 5.92 Å². The van der Waals surface area contributed by atoms with Crippen molar-refractivity contribution in [3.05, 3.63) is 29.8 Å². The van der Waals surface area contributed by atoms with Crippen LogP contribution in [0.2, 0.25) is 0 Å². The van der Waals surface area contributed by atoms with Crippen LogP contribution in [-0.4, -0.2) is 12.7 Å². The largest absolute Gasteiger partial charge is 0.435 e. The minimum atomic E-state index is -2.77. The third kappa shape index (κ3) is 3.92. The predicted octanol–water partition coefficient (Wildman–Crippen LogP) is 4.52. The maximum atomic E-state index is 12.2.